The Morgan fingerprint density at radius 1 is 1.19 bits per heavy atom. The van der Waals surface area contributed by atoms with Crippen LogP contribution in [0.25, 0.3) is 0 Å². The molecule has 1 atom stereocenters. The summed E-state index contributed by atoms with van der Waals surface area (Å²) in [6.45, 7) is 2.43. The molecular weight excluding hydrogens is 217 g/mol. The van der Waals surface area contributed by atoms with E-state index in [1.54, 1.807) is 0 Å². The van der Waals surface area contributed by atoms with E-state index < -0.39 is 12.6 Å². The van der Waals surface area contributed by atoms with E-state index in [0.29, 0.717) is 12.5 Å². The van der Waals surface area contributed by atoms with Crippen molar-refractivity contribution in [1.29, 1.82) is 0 Å². The van der Waals surface area contributed by atoms with Crippen LogP contribution in [0.2, 0.25) is 0 Å². The molecule has 0 amide bonds. The molecule has 1 saturated heterocycles. The second kappa shape index (κ2) is 6.45. The Morgan fingerprint density at radius 2 is 1.94 bits per heavy atom. The highest BCUT2D eigenvalue weighted by Gasteiger charge is 2.28. The Morgan fingerprint density at radius 3 is 2.56 bits per heavy atom. The maximum absolute atomic E-state index is 12.1. The summed E-state index contributed by atoms with van der Waals surface area (Å²) in [5, 5.41) is 0. The van der Waals surface area contributed by atoms with Crippen LogP contribution in [0.4, 0.5) is 13.2 Å². The van der Waals surface area contributed by atoms with Crippen LogP contribution in [-0.4, -0.2) is 37.3 Å². The summed E-state index contributed by atoms with van der Waals surface area (Å²) in [6, 6.07) is 0. The number of hydrogen-bond donors (Lipinski definition) is 1. The number of nitrogens with zero attached hydrogens (tertiary/aromatic N) is 1. The quantitative estimate of drug-likeness (QED) is 0.814. The number of likely N-dealkylation sites (tertiary alicyclic amines) is 1. The first-order valence-corrected chi connectivity index (χ1v) is 6.00. The van der Waals surface area contributed by atoms with Crippen LogP contribution in [0.5, 0.6) is 0 Å². The van der Waals surface area contributed by atoms with Crippen molar-refractivity contribution in [2.24, 2.45) is 11.7 Å². The van der Waals surface area contributed by atoms with Gasteiger partial charge in [-0.05, 0) is 51.2 Å². The molecule has 1 aliphatic heterocycles. The molecule has 1 unspecified atom stereocenters. The Balaban J connectivity index is 2.25. The molecule has 5 heteroatoms. The predicted octanol–water partition coefficient (Wildman–Crippen LogP) is 2.39. The third-order valence-electron chi connectivity index (χ3n) is 3.23. The maximum atomic E-state index is 12.1. The molecule has 1 rings (SSSR count). The average Bonchev–Trinajstić information content (AvgIpc) is 2.40. The van der Waals surface area contributed by atoms with Gasteiger partial charge in [-0.3, -0.25) is 0 Å². The van der Waals surface area contributed by atoms with Gasteiger partial charge in [-0.15, -0.1) is 0 Å². The minimum Gasteiger partial charge on any atom is -0.330 e. The van der Waals surface area contributed by atoms with Crippen molar-refractivity contribution in [2.75, 3.05) is 26.2 Å². The molecule has 1 aliphatic rings. The monoisotopic (exact) mass is 238 g/mol. The summed E-state index contributed by atoms with van der Waals surface area (Å²) in [7, 11) is 0. The molecule has 0 aromatic heterocycles. The molecule has 0 saturated carbocycles. The van der Waals surface area contributed by atoms with Crippen LogP contribution < -0.4 is 5.73 Å². The van der Waals surface area contributed by atoms with Gasteiger partial charge in [-0.25, -0.2) is 0 Å². The van der Waals surface area contributed by atoms with Crippen LogP contribution in [0.15, 0.2) is 0 Å². The smallest absolute Gasteiger partial charge is 0.330 e. The van der Waals surface area contributed by atoms with Gasteiger partial charge >= 0.3 is 6.18 Å². The van der Waals surface area contributed by atoms with Crippen LogP contribution >= 0.6 is 0 Å². The van der Waals surface area contributed by atoms with Gasteiger partial charge in [-0.2, -0.15) is 13.2 Å². The molecule has 16 heavy (non-hydrogen) atoms. The van der Waals surface area contributed by atoms with Gasteiger partial charge in [-0.1, -0.05) is 0 Å². The summed E-state index contributed by atoms with van der Waals surface area (Å²) in [6.07, 6.45) is -0.595. The largest absolute Gasteiger partial charge is 0.390 e. The maximum Gasteiger partial charge on any atom is 0.390 e. The third kappa shape index (κ3) is 5.70. The van der Waals surface area contributed by atoms with E-state index in [-0.39, 0.29) is 6.54 Å². The molecule has 2 N–H and O–H groups in total. The van der Waals surface area contributed by atoms with Gasteiger partial charge in [0, 0.05) is 6.54 Å². The minimum absolute atomic E-state index is 0.152. The van der Waals surface area contributed by atoms with Crippen molar-refractivity contribution >= 4 is 0 Å². The first kappa shape index (κ1) is 13.8. The fraction of sp³-hybridized carbons (Fsp3) is 1.00. The van der Waals surface area contributed by atoms with E-state index in [0.717, 1.165) is 38.8 Å². The van der Waals surface area contributed by atoms with Gasteiger partial charge in [0.15, 0.2) is 0 Å². The van der Waals surface area contributed by atoms with E-state index >= 15 is 0 Å². The summed E-state index contributed by atoms with van der Waals surface area (Å²) in [5.41, 5.74) is 5.50. The van der Waals surface area contributed by atoms with Crippen molar-refractivity contribution in [3.8, 4) is 0 Å². The van der Waals surface area contributed by atoms with E-state index in [1.165, 1.54) is 0 Å². The molecule has 1 fully saturated rings. The van der Waals surface area contributed by atoms with E-state index in [4.69, 9.17) is 5.73 Å². The fourth-order valence-corrected chi connectivity index (χ4v) is 2.26. The molecule has 2 nitrogen and oxygen atoms in total. The van der Waals surface area contributed by atoms with Gasteiger partial charge < -0.3 is 10.6 Å². The Hall–Kier alpha value is -0.290. The summed E-state index contributed by atoms with van der Waals surface area (Å²) in [5.74, 6) is 0.612. The average molecular weight is 238 g/mol. The van der Waals surface area contributed by atoms with Crippen LogP contribution in [-0.2, 0) is 0 Å². The lowest BCUT2D eigenvalue weighted by molar-refractivity contribution is -0.137. The Bertz CT molecular complexity index is 194. The van der Waals surface area contributed by atoms with Crippen molar-refractivity contribution in [3.05, 3.63) is 0 Å². The second-order valence-electron chi connectivity index (χ2n) is 4.58. The zero-order chi connectivity index (χ0) is 12.0. The first-order valence-electron chi connectivity index (χ1n) is 6.00. The summed E-state index contributed by atoms with van der Waals surface area (Å²) < 4.78 is 36.2. The highest BCUT2D eigenvalue weighted by Crippen LogP contribution is 2.23. The number of nitrogens with two attached hydrogens (primary N) is 1. The molecule has 0 radical (unpaired) electrons. The topological polar surface area (TPSA) is 29.3 Å². The molecule has 0 aromatic rings. The molecule has 0 bridgehead atoms. The molecule has 0 aromatic carbocycles. The number of halogens is 3. The van der Waals surface area contributed by atoms with E-state index in [1.807, 2.05) is 4.90 Å². The standard InChI is InChI=1S/C11H21F3N2/c12-11(13,14)5-9-16-7-1-2-10(3-6-15)4-8-16/h10H,1-9,15H2. The lowest BCUT2D eigenvalue weighted by Crippen LogP contribution is -2.29. The van der Waals surface area contributed by atoms with Crippen LogP contribution in [0, 0.1) is 5.92 Å². The first-order chi connectivity index (χ1) is 7.51. The van der Waals surface area contributed by atoms with Crippen LogP contribution in [0.1, 0.15) is 32.1 Å². The Labute approximate surface area is 95.0 Å². The number of alkyl halides is 3. The second-order valence-corrected chi connectivity index (χ2v) is 4.58. The van der Waals surface area contributed by atoms with Gasteiger partial charge in [0.25, 0.3) is 0 Å². The number of rotatable bonds is 4. The van der Waals surface area contributed by atoms with Gasteiger partial charge in [0.05, 0.1) is 6.42 Å². The lowest BCUT2D eigenvalue weighted by Gasteiger charge is -2.20. The molecule has 0 spiro atoms. The highest BCUT2D eigenvalue weighted by atomic mass is 19.4. The molecule has 0 aliphatic carbocycles. The number of hydrogen-bond acceptors (Lipinski definition) is 2. The molecule has 1 heterocycles. The lowest BCUT2D eigenvalue weighted by atomic mass is 9.97. The highest BCUT2D eigenvalue weighted by molar-refractivity contribution is 4.71. The van der Waals surface area contributed by atoms with E-state index in [9.17, 15) is 13.2 Å². The van der Waals surface area contributed by atoms with Crippen molar-refractivity contribution in [3.63, 3.8) is 0 Å². The minimum atomic E-state index is -4.02. The normalized spacial score (nSPS) is 24.4. The van der Waals surface area contributed by atoms with E-state index in [2.05, 4.69) is 0 Å². The van der Waals surface area contributed by atoms with Gasteiger partial charge in [0.2, 0.25) is 0 Å². The van der Waals surface area contributed by atoms with Crippen molar-refractivity contribution < 1.29 is 13.2 Å². The zero-order valence-electron chi connectivity index (χ0n) is 9.60. The van der Waals surface area contributed by atoms with Gasteiger partial charge in [0.1, 0.15) is 0 Å². The van der Waals surface area contributed by atoms with Crippen molar-refractivity contribution in [2.45, 2.75) is 38.3 Å². The summed E-state index contributed by atoms with van der Waals surface area (Å²) >= 11 is 0. The van der Waals surface area contributed by atoms with Crippen molar-refractivity contribution in [1.82, 2.24) is 4.90 Å². The predicted molar refractivity (Wildman–Crippen MR) is 58.1 cm³/mol. The third-order valence-corrected chi connectivity index (χ3v) is 3.23. The fourth-order valence-electron chi connectivity index (χ4n) is 2.26. The van der Waals surface area contributed by atoms with Crippen LogP contribution in [0.3, 0.4) is 0 Å². The zero-order valence-corrected chi connectivity index (χ0v) is 9.60. The molecule has 96 valence electrons. The molecular formula is C11H21F3N2. The Kier molecular flexibility index (Phi) is 5.55. The summed E-state index contributed by atoms with van der Waals surface area (Å²) in [4.78, 5) is 1.93. The SMILES string of the molecule is NCCC1CCCN(CCC(F)(F)F)CC1.